The van der Waals surface area contributed by atoms with Crippen LogP contribution in [0.15, 0.2) is 12.4 Å². The fourth-order valence-corrected chi connectivity index (χ4v) is 1.86. The summed E-state index contributed by atoms with van der Waals surface area (Å²) in [6.07, 6.45) is 5.50. The van der Waals surface area contributed by atoms with Crippen LogP contribution in [0.1, 0.15) is 37.3 Å². The van der Waals surface area contributed by atoms with Gasteiger partial charge in [0, 0.05) is 31.2 Å². The summed E-state index contributed by atoms with van der Waals surface area (Å²) >= 11 is 0. The van der Waals surface area contributed by atoms with Gasteiger partial charge in [-0.05, 0) is 12.8 Å². The molecule has 1 aromatic rings. The topological polar surface area (TPSA) is 42.9 Å². The molecule has 1 saturated carbocycles. The molecule has 0 saturated heterocycles. The van der Waals surface area contributed by atoms with E-state index < -0.39 is 5.95 Å². The predicted octanol–water partition coefficient (Wildman–Crippen LogP) is 1.84. The Labute approximate surface area is 81.4 Å². The molecule has 74 valence electrons. The van der Waals surface area contributed by atoms with Crippen molar-refractivity contribution >= 4 is 5.78 Å². The molecule has 1 heterocycles. The number of ketones is 1. The molecule has 1 aromatic heterocycles. The summed E-state index contributed by atoms with van der Waals surface area (Å²) in [6, 6.07) is 0. The van der Waals surface area contributed by atoms with Crippen LogP contribution in [-0.4, -0.2) is 15.8 Å². The molecular weight excluding hydrogens is 183 g/mol. The third kappa shape index (κ3) is 1.78. The van der Waals surface area contributed by atoms with Crippen LogP contribution in [0.5, 0.6) is 0 Å². The number of carbonyl (C=O) groups excluding carboxylic acids is 1. The molecule has 3 nitrogen and oxygen atoms in total. The largest absolute Gasteiger partial charge is 0.300 e. The van der Waals surface area contributed by atoms with Gasteiger partial charge in [0.1, 0.15) is 5.78 Å². The van der Waals surface area contributed by atoms with E-state index in [1.54, 1.807) is 0 Å². The molecule has 0 amide bonds. The van der Waals surface area contributed by atoms with Crippen LogP contribution < -0.4 is 0 Å². The van der Waals surface area contributed by atoms with Crippen molar-refractivity contribution in [2.24, 2.45) is 0 Å². The Hall–Kier alpha value is -1.32. The van der Waals surface area contributed by atoms with E-state index in [1.807, 2.05) is 0 Å². The zero-order valence-electron chi connectivity index (χ0n) is 7.74. The molecule has 0 aromatic carbocycles. The van der Waals surface area contributed by atoms with Crippen LogP contribution in [0.4, 0.5) is 4.39 Å². The molecule has 1 fully saturated rings. The average molecular weight is 194 g/mol. The lowest BCUT2D eigenvalue weighted by atomic mass is 9.86. The van der Waals surface area contributed by atoms with Crippen LogP contribution in [0.3, 0.4) is 0 Å². The number of hydrogen-bond acceptors (Lipinski definition) is 3. The highest BCUT2D eigenvalue weighted by Crippen LogP contribution is 2.30. The number of rotatable bonds is 1. The second-order valence-electron chi connectivity index (χ2n) is 3.56. The second kappa shape index (κ2) is 3.82. The Morgan fingerprint density at radius 2 is 2.14 bits per heavy atom. The SMILES string of the molecule is O=C1CCC[C@H](c2nccnc2F)C1. The number of hydrogen-bond donors (Lipinski definition) is 0. The van der Waals surface area contributed by atoms with Crippen molar-refractivity contribution in [1.82, 2.24) is 9.97 Å². The van der Waals surface area contributed by atoms with Gasteiger partial charge in [0.05, 0.1) is 5.69 Å². The molecule has 4 heteroatoms. The van der Waals surface area contributed by atoms with Crippen molar-refractivity contribution in [3.63, 3.8) is 0 Å². The van der Waals surface area contributed by atoms with Crippen molar-refractivity contribution in [2.45, 2.75) is 31.6 Å². The highest BCUT2D eigenvalue weighted by molar-refractivity contribution is 5.79. The van der Waals surface area contributed by atoms with Gasteiger partial charge >= 0.3 is 0 Å². The lowest BCUT2D eigenvalue weighted by Gasteiger charge is -2.19. The molecule has 1 aliphatic carbocycles. The van der Waals surface area contributed by atoms with Crippen molar-refractivity contribution in [1.29, 1.82) is 0 Å². The summed E-state index contributed by atoms with van der Waals surface area (Å²) in [5, 5.41) is 0. The van der Waals surface area contributed by atoms with Gasteiger partial charge in [0.2, 0.25) is 5.95 Å². The smallest absolute Gasteiger partial charge is 0.234 e. The first-order chi connectivity index (χ1) is 6.77. The second-order valence-corrected chi connectivity index (χ2v) is 3.56. The van der Waals surface area contributed by atoms with Crippen LogP contribution in [0.2, 0.25) is 0 Å². The first-order valence-corrected chi connectivity index (χ1v) is 4.75. The molecule has 1 atom stereocenters. The first kappa shape index (κ1) is 9.24. The quantitative estimate of drug-likeness (QED) is 0.685. The van der Waals surface area contributed by atoms with Crippen molar-refractivity contribution in [3.8, 4) is 0 Å². The lowest BCUT2D eigenvalue weighted by molar-refractivity contribution is -0.120. The van der Waals surface area contributed by atoms with Gasteiger partial charge in [-0.3, -0.25) is 9.78 Å². The van der Waals surface area contributed by atoms with Gasteiger partial charge in [-0.25, -0.2) is 4.98 Å². The Bertz CT molecular complexity index is 354. The predicted molar refractivity (Wildman–Crippen MR) is 48.2 cm³/mol. The minimum Gasteiger partial charge on any atom is -0.300 e. The van der Waals surface area contributed by atoms with Crippen molar-refractivity contribution in [2.75, 3.05) is 0 Å². The fraction of sp³-hybridized carbons (Fsp3) is 0.500. The summed E-state index contributed by atoms with van der Waals surface area (Å²) in [5.74, 6) is -0.400. The van der Waals surface area contributed by atoms with Crippen LogP contribution in [0, 0.1) is 5.95 Å². The molecule has 0 radical (unpaired) electrons. The van der Waals surface area contributed by atoms with Gasteiger partial charge in [-0.1, -0.05) is 0 Å². The molecule has 0 spiro atoms. The maximum Gasteiger partial charge on any atom is 0.234 e. The zero-order chi connectivity index (χ0) is 9.97. The van der Waals surface area contributed by atoms with Gasteiger partial charge in [0.25, 0.3) is 0 Å². The van der Waals surface area contributed by atoms with Crippen LogP contribution in [0.25, 0.3) is 0 Å². The number of halogens is 1. The van der Waals surface area contributed by atoms with E-state index in [0.29, 0.717) is 18.5 Å². The van der Waals surface area contributed by atoms with Crippen molar-refractivity contribution < 1.29 is 9.18 Å². The molecular formula is C10H11FN2O. The molecule has 1 aliphatic rings. The normalized spacial score (nSPS) is 22.4. The number of nitrogens with zero attached hydrogens (tertiary/aromatic N) is 2. The fourth-order valence-electron chi connectivity index (χ4n) is 1.86. The van der Waals surface area contributed by atoms with Gasteiger partial charge in [-0.2, -0.15) is 4.39 Å². The maximum atomic E-state index is 13.2. The maximum absolute atomic E-state index is 13.2. The van der Waals surface area contributed by atoms with Gasteiger partial charge < -0.3 is 0 Å². The number of carbonyl (C=O) groups is 1. The highest BCUT2D eigenvalue weighted by Gasteiger charge is 2.24. The summed E-state index contributed by atoms with van der Waals surface area (Å²) in [5.41, 5.74) is 0.348. The van der Waals surface area contributed by atoms with Gasteiger partial charge in [-0.15, -0.1) is 0 Å². The summed E-state index contributed by atoms with van der Waals surface area (Å²) in [6.45, 7) is 0. The standard InChI is InChI=1S/C10H11FN2O/c11-10-9(12-4-5-13-10)7-2-1-3-8(14)6-7/h4-5,7H,1-3,6H2/t7-/m0/s1. The first-order valence-electron chi connectivity index (χ1n) is 4.75. The molecule has 0 N–H and O–H groups in total. The van der Waals surface area contributed by atoms with Crippen LogP contribution in [-0.2, 0) is 4.79 Å². The molecule has 14 heavy (non-hydrogen) atoms. The minimum atomic E-state index is -0.535. The Morgan fingerprint density at radius 3 is 2.86 bits per heavy atom. The number of aromatic nitrogens is 2. The summed E-state index contributed by atoms with van der Waals surface area (Å²) in [4.78, 5) is 18.7. The third-order valence-corrected chi connectivity index (χ3v) is 2.55. The van der Waals surface area contributed by atoms with E-state index in [0.717, 1.165) is 12.8 Å². The Kier molecular flexibility index (Phi) is 2.52. The van der Waals surface area contributed by atoms with E-state index in [2.05, 4.69) is 9.97 Å². The van der Waals surface area contributed by atoms with E-state index in [-0.39, 0.29) is 11.7 Å². The molecule has 0 unspecified atom stereocenters. The lowest BCUT2D eigenvalue weighted by Crippen LogP contribution is -2.16. The monoisotopic (exact) mass is 194 g/mol. The zero-order valence-corrected chi connectivity index (χ0v) is 7.74. The Morgan fingerprint density at radius 1 is 1.36 bits per heavy atom. The molecule has 0 aliphatic heterocycles. The Balaban J connectivity index is 2.22. The molecule has 2 rings (SSSR count). The van der Waals surface area contributed by atoms with Gasteiger partial charge in [0.15, 0.2) is 0 Å². The average Bonchev–Trinajstić information content (AvgIpc) is 2.18. The summed E-state index contributed by atoms with van der Waals surface area (Å²) in [7, 11) is 0. The van der Waals surface area contributed by atoms with E-state index >= 15 is 0 Å². The minimum absolute atomic E-state index is 0.0649. The van der Waals surface area contributed by atoms with E-state index in [4.69, 9.17) is 0 Å². The van der Waals surface area contributed by atoms with Crippen LogP contribution >= 0.6 is 0 Å². The summed E-state index contributed by atoms with van der Waals surface area (Å²) < 4.78 is 13.2. The number of Topliss-reactive ketones (excluding diaryl/α,β-unsaturated/α-hetero) is 1. The van der Waals surface area contributed by atoms with Crippen molar-refractivity contribution in [3.05, 3.63) is 24.0 Å². The van der Waals surface area contributed by atoms with E-state index in [9.17, 15) is 9.18 Å². The highest BCUT2D eigenvalue weighted by atomic mass is 19.1. The molecule has 0 bridgehead atoms. The third-order valence-electron chi connectivity index (χ3n) is 2.55. The van der Waals surface area contributed by atoms with E-state index in [1.165, 1.54) is 12.4 Å².